The van der Waals surface area contributed by atoms with E-state index < -0.39 is 0 Å². The lowest BCUT2D eigenvalue weighted by Crippen LogP contribution is -2.37. The lowest BCUT2D eigenvalue weighted by atomic mass is 10.1. The van der Waals surface area contributed by atoms with Gasteiger partial charge >= 0.3 is 0 Å². The maximum Gasteiger partial charge on any atom is 0.230 e. The molecule has 1 aromatic heterocycles. The maximum absolute atomic E-state index is 12.1. The van der Waals surface area contributed by atoms with Gasteiger partial charge in [0.25, 0.3) is 0 Å². The summed E-state index contributed by atoms with van der Waals surface area (Å²) in [7, 11) is 0. The third kappa shape index (κ3) is 5.33. The van der Waals surface area contributed by atoms with Crippen LogP contribution in [0, 0.1) is 12.8 Å². The highest BCUT2D eigenvalue weighted by Gasteiger charge is 2.16. The van der Waals surface area contributed by atoms with E-state index in [2.05, 4.69) is 66.0 Å². The molecule has 0 aliphatic heterocycles. The summed E-state index contributed by atoms with van der Waals surface area (Å²) in [5.74, 6) is 1.68. The van der Waals surface area contributed by atoms with E-state index in [1.807, 2.05) is 13.0 Å². The van der Waals surface area contributed by atoms with E-state index in [-0.39, 0.29) is 11.9 Å². The Bertz CT molecular complexity index is 711. The molecule has 1 amide bonds. The molecule has 0 fully saturated rings. The van der Waals surface area contributed by atoms with Crippen molar-refractivity contribution in [2.75, 3.05) is 5.75 Å². The molecular weight excluding hydrogens is 332 g/mol. The molecule has 1 heterocycles. The fraction of sp³-hybridized carbons (Fsp3) is 0.526. The number of aryl methyl sites for hydroxylation is 1. The van der Waals surface area contributed by atoms with Crippen LogP contribution in [-0.2, 0) is 11.3 Å². The van der Waals surface area contributed by atoms with E-state index in [9.17, 15) is 4.79 Å². The lowest BCUT2D eigenvalue weighted by molar-refractivity contribution is -0.119. The summed E-state index contributed by atoms with van der Waals surface area (Å²) >= 11 is 1.45. The van der Waals surface area contributed by atoms with Gasteiger partial charge in [-0.25, -0.2) is 0 Å². The van der Waals surface area contributed by atoms with Crippen molar-refractivity contribution < 1.29 is 4.79 Å². The summed E-state index contributed by atoms with van der Waals surface area (Å²) in [6.45, 7) is 11.3. The number of hydrogen-bond donors (Lipinski definition) is 1. The second-order valence-corrected chi connectivity index (χ2v) is 7.66. The van der Waals surface area contributed by atoms with Crippen LogP contribution in [0.25, 0.3) is 11.4 Å². The smallest absolute Gasteiger partial charge is 0.230 e. The van der Waals surface area contributed by atoms with Gasteiger partial charge in [0.2, 0.25) is 5.91 Å². The van der Waals surface area contributed by atoms with Crippen LogP contribution in [0.1, 0.15) is 39.7 Å². The Labute approximate surface area is 154 Å². The average molecular weight is 361 g/mol. The normalized spacial score (nSPS) is 12.4. The van der Waals surface area contributed by atoms with E-state index in [1.165, 1.54) is 17.3 Å². The molecule has 0 saturated heterocycles. The zero-order valence-electron chi connectivity index (χ0n) is 15.7. The van der Waals surface area contributed by atoms with Gasteiger partial charge in [-0.15, -0.1) is 10.2 Å². The minimum absolute atomic E-state index is 0.0364. The number of nitrogens with one attached hydrogen (secondary N) is 1. The molecule has 2 aromatic rings. The first-order valence-corrected chi connectivity index (χ1v) is 9.83. The molecule has 0 spiro atoms. The summed E-state index contributed by atoms with van der Waals surface area (Å²) in [5.41, 5.74) is 2.26. The first-order chi connectivity index (χ1) is 11.9. The lowest BCUT2D eigenvalue weighted by Gasteiger charge is -2.17. The molecule has 1 atom stereocenters. The van der Waals surface area contributed by atoms with Crippen molar-refractivity contribution in [2.45, 2.75) is 58.8 Å². The highest BCUT2D eigenvalue weighted by molar-refractivity contribution is 7.99. The van der Waals surface area contributed by atoms with Crippen molar-refractivity contribution in [2.24, 2.45) is 5.92 Å². The van der Waals surface area contributed by atoms with E-state index in [0.29, 0.717) is 11.7 Å². The topological polar surface area (TPSA) is 59.8 Å². The second kappa shape index (κ2) is 9.04. The molecule has 136 valence electrons. The standard InChI is InChI=1S/C19H28N4OS/c1-6-10-23-18(16-9-7-8-14(4)11-16)21-22-19(23)25-12-17(24)20-15(5)13(2)3/h7-9,11,13,15H,6,10,12H2,1-5H3,(H,20,24). The summed E-state index contributed by atoms with van der Waals surface area (Å²) in [6, 6.07) is 8.43. The predicted octanol–water partition coefficient (Wildman–Crippen LogP) is 3.92. The van der Waals surface area contributed by atoms with Gasteiger partial charge < -0.3 is 9.88 Å². The highest BCUT2D eigenvalue weighted by atomic mass is 32.2. The monoisotopic (exact) mass is 360 g/mol. The second-order valence-electron chi connectivity index (χ2n) is 6.72. The summed E-state index contributed by atoms with van der Waals surface area (Å²) in [6.07, 6.45) is 0.987. The Morgan fingerprint density at radius 3 is 2.68 bits per heavy atom. The summed E-state index contributed by atoms with van der Waals surface area (Å²) < 4.78 is 2.11. The van der Waals surface area contributed by atoms with Crippen molar-refractivity contribution in [1.82, 2.24) is 20.1 Å². The fourth-order valence-corrected chi connectivity index (χ4v) is 3.19. The van der Waals surface area contributed by atoms with E-state index in [4.69, 9.17) is 0 Å². The van der Waals surface area contributed by atoms with Gasteiger partial charge in [-0.2, -0.15) is 0 Å². The van der Waals surface area contributed by atoms with Crippen LogP contribution in [0.15, 0.2) is 29.4 Å². The van der Waals surface area contributed by atoms with Crippen LogP contribution >= 0.6 is 11.8 Å². The zero-order chi connectivity index (χ0) is 18.4. The van der Waals surface area contributed by atoms with Gasteiger partial charge in [0, 0.05) is 18.2 Å². The van der Waals surface area contributed by atoms with Crippen LogP contribution in [0.4, 0.5) is 0 Å². The van der Waals surface area contributed by atoms with Crippen LogP contribution < -0.4 is 5.32 Å². The molecule has 0 radical (unpaired) electrons. The summed E-state index contributed by atoms with van der Waals surface area (Å²) in [4.78, 5) is 12.1. The van der Waals surface area contributed by atoms with Crippen molar-refractivity contribution >= 4 is 17.7 Å². The molecule has 2 rings (SSSR count). The molecular formula is C19H28N4OS. The summed E-state index contributed by atoms with van der Waals surface area (Å²) in [5, 5.41) is 12.5. The number of carbonyl (C=O) groups excluding carboxylic acids is 1. The molecule has 6 heteroatoms. The number of hydrogen-bond acceptors (Lipinski definition) is 4. The van der Waals surface area contributed by atoms with Crippen LogP contribution in [0.3, 0.4) is 0 Å². The average Bonchev–Trinajstić information content (AvgIpc) is 2.96. The fourth-order valence-electron chi connectivity index (χ4n) is 2.41. The molecule has 0 aliphatic rings. The van der Waals surface area contributed by atoms with Crippen LogP contribution in [0.2, 0.25) is 0 Å². The Kier molecular flexibility index (Phi) is 7.05. The number of amides is 1. The van der Waals surface area contributed by atoms with Gasteiger partial charge in [0.05, 0.1) is 5.75 Å². The third-order valence-electron chi connectivity index (χ3n) is 4.16. The van der Waals surface area contributed by atoms with E-state index in [0.717, 1.165) is 29.5 Å². The van der Waals surface area contributed by atoms with Crippen molar-refractivity contribution in [3.63, 3.8) is 0 Å². The predicted molar refractivity (Wildman–Crippen MR) is 104 cm³/mol. The van der Waals surface area contributed by atoms with Gasteiger partial charge in [-0.3, -0.25) is 4.79 Å². The quantitative estimate of drug-likeness (QED) is 0.725. The van der Waals surface area contributed by atoms with Crippen LogP contribution in [-0.4, -0.2) is 32.5 Å². The van der Waals surface area contributed by atoms with Crippen molar-refractivity contribution in [1.29, 1.82) is 0 Å². The zero-order valence-corrected chi connectivity index (χ0v) is 16.6. The van der Waals surface area contributed by atoms with Crippen molar-refractivity contribution in [3.8, 4) is 11.4 Å². The van der Waals surface area contributed by atoms with Crippen molar-refractivity contribution in [3.05, 3.63) is 29.8 Å². The molecule has 0 bridgehead atoms. The largest absolute Gasteiger partial charge is 0.353 e. The van der Waals surface area contributed by atoms with E-state index >= 15 is 0 Å². The first-order valence-electron chi connectivity index (χ1n) is 8.84. The third-order valence-corrected chi connectivity index (χ3v) is 5.13. The number of benzene rings is 1. The number of nitrogens with zero attached hydrogens (tertiary/aromatic N) is 3. The number of carbonyl (C=O) groups is 1. The molecule has 0 saturated carbocycles. The SMILES string of the molecule is CCCn1c(SCC(=O)NC(C)C(C)C)nnc1-c1cccc(C)c1. The van der Waals surface area contributed by atoms with Gasteiger partial charge in [-0.1, -0.05) is 56.3 Å². The Hall–Kier alpha value is -1.82. The molecule has 25 heavy (non-hydrogen) atoms. The van der Waals surface area contributed by atoms with Gasteiger partial charge in [0.1, 0.15) is 0 Å². The first kappa shape index (κ1) is 19.5. The van der Waals surface area contributed by atoms with Gasteiger partial charge in [-0.05, 0) is 32.3 Å². The molecule has 5 nitrogen and oxygen atoms in total. The highest BCUT2D eigenvalue weighted by Crippen LogP contribution is 2.25. The molecule has 1 N–H and O–H groups in total. The minimum Gasteiger partial charge on any atom is -0.353 e. The molecule has 0 aliphatic carbocycles. The Morgan fingerprint density at radius 2 is 2.04 bits per heavy atom. The maximum atomic E-state index is 12.1. The Morgan fingerprint density at radius 1 is 1.28 bits per heavy atom. The number of aromatic nitrogens is 3. The van der Waals surface area contributed by atoms with Gasteiger partial charge in [0.15, 0.2) is 11.0 Å². The molecule has 1 unspecified atom stereocenters. The molecule has 1 aromatic carbocycles. The van der Waals surface area contributed by atoms with E-state index in [1.54, 1.807) is 0 Å². The Balaban J connectivity index is 2.12. The number of rotatable bonds is 8. The number of thioether (sulfide) groups is 1. The van der Waals surface area contributed by atoms with Crippen LogP contribution in [0.5, 0.6) is 0 Å². The minimum atomic E-state index is 0.0364.